The number of aromatic nitrogens is 2. The van der Waals surface area contributed by atoms with E-state index < -0.39 is 0 Å². The number of piperazine rings is 1. The summed E-state index contributed by atoms with van der Waals surface area (Å²) in [6.07, 6.45) is 2.66. The summed E-state index contributed by atoms with van der Waals surface area (Å²) in [6, 6.07) is 6.74. The van der Waals surface area contributed by atoms with E-state index in [1.54, 1.807) is 22.9 Å². The number of carbonyl (C=O) groups is 1. The number of carbonyl (C=O) groups excluding carboxylic acids is 1. The van der Waals surface area contributed by atoms with E-state index in [4.69, 9.17) is 0 Å². The topological polar surface area (TPSA) is 50.2 Å². The Balaban J connectivity index is 0.00000182. The smallest absolute Gasteiger partial charge is 0.274 e. The number of hydrogen-bond donors (Lipinski definition) is 1. The predicted molar refractivity (Wildman–Crippen MR) is 96.2 cm³/mol. The number of nitrogens with zero attached hydrogens (tertiary/aromatic N) is 3. The van der Waals surface area contributed by atoms with E-state index in [0.717, 1.165) is 43.6 Å². The van der Waals surface area contributed by atoms with Crippen molar-refractivity contribution in [3.8, 4) is 5.69 Å². The number of rotatable bonds is 2. The van der Waals surface area contributed by atoms with Gasteiger partial charge in [0.05, 0.1) is 0 Å². The molecule has 2 aliphatic rings. The van der Waals surface area contributed by atoms with E-state index in [2.05, 4.69) is 10.4 Å². The molecule has 0 radical (unpaired) electrons. The third kappa shape index (κ3) is 3.04. The first kappa shape index (κ1) is 17.9. The van der Waals surface area contributed by atoms with Crippen LogP contribution in [0.4, 0.5) is 4.39 Å². The minimum Gasteiger partial charge on any atom is -0.332 e. The summed E-state index contributed by atoms with van der Waals surface area (Å²) >= 11 is 0. The molecule has 7 heteroatoms. The molecular weight excluding hydrogens is 343 g/mol. The van der Waals surface area contributed by atoms with Crippen LogP contribution in [0.3, 0.4) is 0 Å². The number of benzene rings is 1. The van der Waals surface area contributed by atoms with Gasteiger partial charge in [0.2, 0.25) is 0 Å². The molecule has 0 bridgehead atoms. The van der Waals surface area contributed by atoms with Crippen molar-refractivity contribution in [1.82, 2.24) is 20.0 Å². The fourth-order valence-corrected chi connectivity index (χ4v) is 3.71. The third-order valence-electron chi connectivity index (χ3n) is 4.98. The van der Waals surface area contributed by atoms with Crippen LogP contribution >= 0.6 is 12.4 Å². The molecule has 4 rings (SSSR count). The minimum atomic E-state index is -0.316. The Kier molecular flexibility index (Phi) is 5.11. The number of halogens is 2. The highest BCUT2D eigenvalue weighted by Crippen LogP contribution is 2.29. The van der Waals surface area contributed by atoms with E-state index in [1.807, 2.05) is 11.8 Å². The zero-order valence-corrected chi connectivity index (χ0v) is 15.0. The van der Waals surface area contributed by atoms with E-state index >= 15 is 0 Å². The summed E-state index contributed by atoms with van der Waals surface area (Å²) in [7, 11) is 0. The Labute approximate surface area is 152 Å². The lowest BCUT2D eigenvalue weighted by Crippen LogP contribution is -2.52. The van der Waals surface area contributed by atoms with Crippen molar-refractivity contribution in [2.45, 2.75) is 32.2 Å². The second-order valence-electron chi connectivity index (χ2n) is 6.54. The molecule has 0 spiro atoms. The summed E-state index contributed by atoms with van der Waals surface area (Å²) < 4.78 is 15.8. The highest BCUT2D eigenvalue weighted by Gasteiger charge is 2.32. The van der Waals surface area contributed by atoms with E-state index in [-0.39, 0.29) is 30.2 Å². The fraction of sp³-hybridized carbons (Fsp3) is 0.444. The zero-order chi connectivity index (χ0) is 16.7. The van der Waals surface area contributed by atoms with Gasteiger partial charge in [-0.2, -0.15) is 5.10 Å². The van der Waals surface area contributed by atoms with Crippen molar-refractivity contribution in [3.05, 3.63) is 47.0 Å². The molecule has 25 heavy (non-hydrogen) atoms. The van der Waals surface area contributed by atoms with Crippen LogP contribution in [-0.4, -0.2) is 46.3 Å². The Morgan fingerprint density at radius 3 is 2.88 bits per heavy atom. The molecular formula is C18H22ClFN4O. The number of amides is 1. The monoisotopic (exact) mass is 364 g/mol. The van der Waals surface area contributed by atoms with Gasteiger partial charge in [-0.15, -0.1) is 12.4 Å². The minimum absolute atomic E-state index is 0. The molecule has 2 aromatic rings. The fourth-order valence-electron chi connectivity index (χ4n) is 3.71. The first-order valence-corrected chi connectivity index (χ1v) is 8.54. The standard InChI is InChI=1S/C18H21FN4O.ClH/c1-12-11-20-9-10-22(12)18(24)17-13-5-4-8-15(13)23(21-17)16-7-3-2-6-14(16)19;/h2-3,6-7,12,20H,4-5,8-11H2,1H3;1H. The van der Waals surface area contributed by atoms with Crippen molar-refractivity contribution >= 4 is 18.3 Å². The van der Waals surface area contributed by atoms with Gasteiger partial charge in [-0.25, -0.2) is 9.07 Å². The van der Waals surface area contributed by atoms with Gasteiger partial charge in [-0.1, -0.05) is 12.1 Å². The molecule has 1 unspecified atom stereocenters. The summed E-state index contributed by atoms with van der Waals surface area (Å²) in [5.74, 6) is -0.346. The highest BCUT2D eigenvalue weighted by molar-refractivity contribution is 5.94. The molecule has 1 aliphatic heterocycles. The normalized spacial score (nSPS) is 19.4. The van der Waals surface area contributed by atoms with E-state index in [1.165, 1.54) is 6.07 Å². The van der Waals surface area contributed by atoms with Crippen LogP contribution in [0.2, 0.25) is 0 Å². The average molecular weight is 365 g/mol. The lowest BCUT2D eigenvalue weighted by atomic mass is 10.1. The molecule has 1 N–H and O–H groups in total. The molecule has 1 aliphatic carbocycles. The van der Waals surface area contributed by atoms with Gasteiger partial charge >= 0.3 is 0 Å². The van der Waals surface area contributed by atoms with Gasteiger partial charge in [0.1, 0.15) is 11.5 Å². The predicted octanol–water partition coefficient (Wildman–Crippen LogP) is 2.36. The second-order valence-corrected chi connectivity index (χ2v) is 6.54. The lowest BCUT2D eigenvalue weighted by molar-refractivity contribution is 0.0648. The van der Waals surface area contributed by atoms with Crippen LogP contribution in [0, 0.1) is 5.82 Å². The third-order valence-corrected chi connectivity index (χ3v) is 4.98. The Morgan fingerprint density at radius 2 is 2.12 bits per heavy atom. The van der Waals surface area contributed by atoms with Crippen molar-refractivity contribution in [2.75, 3.05) is 19.6 Å². The summed E-state index contributed by atoms with van der Waals surface area (Å²) in [5, 5.41) is 7.83. The van der Waals surface area contributed by atoms with Gasteiger partial charge in [-0.05, 0) is 38.3 Å². The van der Waals surface area contributed by atoms with Crippen LogP contribution < -0.4 is 5.32 Å². The molecule has 1 saturated heterocycles. The van der Waals surface area contributed by atoms with E-state index in [9.17, 15) is 9.18 Å². The quantitative estimate of drug-likeness (QED) is 0.890. The number of nitrogens with one attached hydrogen (secondary N) is 1. The van der Waals surface area contributed by atoms with Gasteiger partial charge in [0.25, 0.3) is 5.91 Å². The number of para-hydroxylation sites is 1. The van der Waals surface area contributed by atoms with Crippen molar-refractivity contribution in [2.24, 2.45) is 0 Å². The summed E-state index contributed by atoms with van der Waals surface area (Å²) in [6.45, 7) is 4.31. The average Bonchev–Trinajstić information content (AvgIpc) is 3.18. The molecule has 134 valence electrons. The number of fused-ring (bicyclic) bond motifs is 1. The van der Waals surface area contributed by atoms with Gasteiger partial charge < -0.3 is 10.2 Å². The zero-order valence-electron chi connectivity index (χ0n) is 14.2. The first-order valence-electron chi connectivity index (χ1n) is 8.54. The van der Waals surface area contributed by atoms with Crippen molar-refractivity contribution < 1.29 is 9.18 Å². The Hall–Kier alpha value is -1.92. The summed E-state index contributed by atoms with van der Waals surface area (Å²) in [5.41, 5.74) is 2.89. The maximum absolute atomic E-state index is 14.2. The maximum atomic E-state index is 14.2. The van der Waals surface area contributed by atoms with Crippen LogP contribution in [0.1, 0.15) is 35.1 Å². The van der Waals surface area contributed by atoms with Gasteiger partial charge in [0.15, 0.2) is 5.69 Å². The molecule has 1 aromatic carbocycles. The molecule has 1 atom stereocenters. The lowest BCUT2D eigenvalue weighted by Gasteiger charge is -2.33. The number of hydrogen-bond acceptors (Lipinski definition) is 3. The molecule has 2 heterocycles. The second kappa shape index (κ2) is 7.14. The molecule has 1 aromatic heterocycles. The van der Waals surface area contributed by atoms with Crippen LogP contribution in [0.25, 0.3) is 5.69 Å². The van der Waals surface area contributed by atoms with Gasteiger partial charge in [0, 0.05) is 36.9 Å². The SMILES string of the molecule is CC1CNCCN1C(=O)c1nn(-c2ccccc2F)c2c1CCC2.Cl. The molecule has 0 saturated carbocycles. The first-order chi connectivity index (χ1) is 11.7. The van der Waals surface area contributed by atoms with E-state index in [0.29, 0.717) is 17.9 Å². The Morgan fingerprint density at radius 1 is 1.32 bits per heavy atom. The van der Waals surface area contributed by atoms with Crippen LogP contribution in [-0.2, 0) is 12.8 Å². The largest absolute Gasteiger partial charge is 0.332 e. The molecule has 1 amide bonds. The molecule has 1 fully saturated rings. The maximum Gasteiger partial charge on any atom is 0.274 e. The van der Waals surface area contributed by atoms with Crippen LogP contribution in [0.5, 0.6) is 0 Å². The van der Waals surface area contributed by atoms with Gasteiger partial charge in [-0.3, -0.25) is 4.79 Å². The van der Waals surface area contributed by atoms with Crippen LogP contribution in [0.15, 0.2) is 24.3 Å². The molecule has 5 nitrogen and oxygen atoms in total. The Bertz CT molecular complexity index is 791. The van der Waals surface area contributed by atoms with Crippen molar-refractivity contribution in [1.29, 1.82) is 0 Å². The summed E-state index contributed by atoms with van der Waals surface area (Å²) in [4.78, 5) is 14.9. The highest BCUT2D eigenvalue weighted by atomic mass is 35.5. The van der Waals surface area contributed by atoms with Crippen molar-refractivity contribution in [3.63, 3.8) is 0 Å².